The number of hydrogen-bond donors (Lipinski definition) is 0. The zero-order valence-electron chi connectivity index (χ0n) is 6.11. The van der Waals surface area contributed by atoms with E-state index in [9.17, 15) is 0 Å². The molecule has 0 fully saturated rings. The zero-order chi connectivity index (χ0) is 6.41. The molecule has 0 aliphatic heterocycles. The maximum Gasteiger partial charge on any atom is 0.0491 e. The molecule has 0 aromatic heterocycles. The summed E-state index contributed by atoms with van der Waals surface area (Å²) in [5, 5.41) is 0. The molecule has 14 heavy (non-hydrogen) atoms. The Morgan fingerprint density at radius 1 is 0.857 bits per heavy atom. The molecule has 0 aromatic rings. The van der Waals surface area contributed by atoms with Gasteiger partial charge in [-0.15, -0.1) is 0 Å². The van der Waals surface area contributed by atoms with Crippen molar-refractivity contribution in [1.82, 2.24) is 0 Å². The summed E-state index contributed by atoms with van der Waals surface area (Å²) in [6.45, 7) is 8.19. The molecule has 0 amide bonds. The summed E-state index contributed by atoms with van der Waals surface area (Å²) >= 11 is 0. The van der Waals surface area contributed by atoms with Crippen molar-refractivity contribution in [2.24, 2.45) is 5.92 Å². The van der Waals surface area contributed by atoms with Crippen LogP contribution in [0.4, 0.5) is 0 Å². The Morgan fingerprint density at radius 2 is 1.21 bits per heavy atom. The highest BCUT2D eigenvalue weighted by molar-refractivity contribution is 4.44. The van der Waals surface area contributed by atoms with Crippen LogP contribution in [0.1, 0.15) is 71.8 Å². The van der Waals surface area contributed by atoms with E-state index in [4.69, 9.17) is 4.74 Å². The van der Waals surface area contributed by atoms with E-state index >= 15 is 0 Å². The van der Waals surface area contributed by atoms with E-state index in [2.05, 4.69) is 13.8 Å². The Labute approximate surface area is 96.3 Å². The minimum Gasteiger partial charge on any atom is -0.381 e. The van der Waals surface area contributed by atoms with Crippen molar-refractivity contribution in [2.45, 2.75) is 71.8 Å². The lowest BCUT2D eigenvalue weighted by Crippen LogP contribution is -2.03. The Balaban J connectivity index is -0.0000000163. The lowest BCUT2D eigenvalue weighted by molar-refractivity contribution is 0.115. The van der Waals surface area contributed by atoms with Gasteiger partial charge in [0.1, 0.15) is 0 Å². The fraction of sp³-hybridized carbons (Fsp3) is 1.00. The van der Waals surface area contributed by atoms with Crippen molar-refractivity contribution in [3.63, 3.8) is 0 Å². The minimum atomic E-state index is 0. The zero-order valence-corrected chi connectivity index (χ0v) is 6.11. The number of hydrogen-bond acceptors (Lipinski definition) is 1. The normalized spacial score (nSPS) is 7.93. The average molecular weight is 212 g/mol. The molecule has 0 aliphatic rings. The maximum atomic E-state index is 5.19. The van der Waals surface area contributed by atoms with Crippen LogP contribution in [0.2, 0.25) is 0 Å². The SMILES string of the molecule is C.C.C.C.C.C.CCOCC(C)CC. The van der Waals surface area contributed by atoms with Crippen molar-refractivity contribution < 1.29 is 4.74 Å². The topological polar surface area (TPSA) is 9.23 Å². The van der Waals surface area contributed by atoms with Gasteiger partial charge in [-0.2, -0.15) is 0 Å². The van der Waals surface area contributed by atoms with Crippen LogP contribution in [-0.4, -0.2) is 13.2 Å². The molecule has 0 heterocycles. The monoisotopic (exact) mass is 212 g/mol. The van der Waals surface area contributed by atoms with Gasteiger partial charge < -0.3 is 4.74 Å². The number of ether oxygens (including phenoxy) is 1. The Bertz CT molecular complexity index is 44.5. The molecule has 0 N–H and O–H groups in total. The summed E-state index contributed by atoms with van der Waals surface area (Å²) in [6.07, 6.45) is 1.22. The molecule has 0 saturated carbocycles. The van der Waals surface area contributed by atoms with Crippen LogP contribution < -0.4 is 0 Å². The van der Waals surface area contributed by atoms with Crippen LogP contribution in [0.15, 0.2) is 0 Å². The lowest BCUT2D eigenvalue weighted by atomic mass is 10.1. The first kappa shape index (κ1) is 48.4. The summed E-state index contributed by atoms with van der Waals surface area (Å²) in [5.41, 5.74) is 0. The van der Waals surface area contributed by atoms with E-state index in [0.717, 1.165) is 19.1 Å². The van der Waals surface area contributed by atoms with Crippen LogP contribution in [0.25, 0.3) is 0 Å². The summed E-state index contributed by atoms with van der Waals surface area (Å²) in [4.78, 5) is 0. The first-order valence-electron chi connectivity index (χ1n) is 3.39. The van der Waals surface area contributed by atoms with E-state index in [0.29, 0.717) is 0 Å². The van der Waals surface area contributed by atoms with E-state index in [-0.39, 0.29) is 44.6 Å². The molecular weight excluding hydrogens is 172 g/mol. The van der Waals surface area contributed by atoms with Gasteiger partial charge in [0.25, 0.3) is 0 Å². The largest absolute Gasteiger partial charge is 0.381 e. The second kappa shape index (κ2) is 38.3. The van der Waals surface area contributed by atoms with E-state index in [1.54, 1.807) is 0 Å². The quantitative estimate of drug-likeness (QED) is 0.565. The summed E-state index contributed by atoms with van der Waals surface area (Å²) < 4.78 is 5.19. The average Bonchev–Trinajstić information content (AvgIpc) is 1.83. The first-order chi connectivity index (χ1) is 3.81. The van der Waals surface area contributed by atoms with Crippen molar-refractivity contribution in [3.8, 4) is 0 Å². The van der Waals surface area contributed by atoms with Crippen LogP contribution in [0.3, 0.4) is 0 Å². The molecule has 1 heteroatoms. The molecule has 0 spiro atoms. The lowest BCUT2D eigenvalue weighted by Gasteiger charge is -2.05. The van der Waals surface area contributed by atoms with Crippen LogP contribution >= 0.6 is 0 Å². The van der Waals surface area contributed by atoms with Crippen LogP contribution in [-0.2, 0) is 4.74 Å². The highest BCUT2D eigenvalue weighted by Gasteiger charge is 1.94. The molecule has 0 aliphatic carbocycles. The molecule has 0 rings (SSSR count). The summed E-state index contributed by atoms with van der Waals surface area (Å²) in [6, 6.07) is 0. The second-order valence-electron chi connectivity index (χ2n) is 2.17. The van der Waals surface area contributed by atoms with Gasteiger partial charge in [-0.3, -0.25) is 0 Å². The predicted octanol–water partition coefficient (Wildman–Crippen LogP) is 5.89. The molecular formula is C13H40O. The fourth-order valence-corrected chi connectivity index (χ4v) is 0.437. The standard InChI is InChI=1S/C7H16O.6CH4/c1-4-7(3)6-8-5-2;;;;;;/h7H,4-6H2,1-3H3;6*1H4. The van der Waals surface area contributed by atoms with Crippen LogP contribution in [0, 0.1) is 5.92 Å². The molecule has 0 saturated heterocycles. The van der Waals surface area contributed by atoms with Crippen molar-refractivity contribution in [1.29, 1.82) is 0 Å². The van der Waals surface area contributed by atoms with E-state index < -0.39 is 0 Å². The Hall–Kier alpha value is -0.0400. The van der Waals surface area contributed by atoms with E-state index in [1.807, 2.05) is 6.92 Å². The molecule has 0 radical (unpaired) electrons. The highest BCUT2D eigenvalue weighted by atomic mass is 16.5. The Kier molecular flexibility index (Phi) is 132. The highest BCUT2D eigenvalue weighted by Crippen LogP contribution is 1.99. The van der Waals surface area contributed by atoms with Gasteiger partial charge in [0, 0.05) is 13.2 Å². The van der Waals surface area contributed by atoms with Gasteiger partial charge in [-0.05, 0) is 12.8 Å². The summed E-state index contributed by atoms with van der Waals surface area (Å²) in [5.74, 6) is 0.731. The molecule has 0 aromatic carbocycles. The second-order valence-corrected chi connectivity index (χ2v) is 2.17. The van der Waals surface area contributed by atoms with Gasteiger partial charge in [0.15, 0.2) is 0 Å². The first-order valence-corrected chi connectivity index (χ1v) is 3.39. The molecule has 98 valence electrons. The molecule has 1 unspecified atom stereocenters. The third-order valence-electron chi connectivity index (χ3n) is 1.30. The van der Waals surface area contributed by atoms with Gasteiger partial charge in [-0.1, -0.05) is 64.8 Å². The Morgan fingerprint density at radius 3 is 1.43 bits per heavy atom. The van der Waals surface area contributed by atoms with Crippen molar-refractivity contribution >= 4 is 0 Å². The molecule has 0 bridgehead atoms. The van der Waals surface area contributed by atoms with Gasteiger partial charge >= 0.3 is 0 Å². The molecule has 1 nitrogen and oxygen atoms in total. The smallest absolute Gasteiger partial charge is 0.0491 e. The van der Waals surface area contributed by atoms with Gasteiger partial charge in [0.2, 0.25) is 0 Å². The third-order valence-corrected chi connectivity index (χ3v) is 1.30. The minimum absolute atomic E-state index is 0. The summed E-state index contributed by atoms with van der Waals surface area (Å²) in [7, 11) is 0. The van der Waals surface area contributed by atoms with E-state index in [1.165, 1.54) is 6.42 Å². The number of rotatable bonds is 4. The van der Waals surface area contributed by atoms with Gasteiger partial charge in [0.05, 0.1) is 0 Å². The van der Waals surface area contributed by atoms with Crippen LogP contribution in [0.5, 0.6) is 0 Å². The molecule has 1 atom stereocenters. The third kappa shape index (κ3) is 40.4. The maximum absolute atomic E-state index is 5.19. The van der Waals surface area contributed by atoms with Crippen molar-refractivity contribution in [3.05, 3.63) is 0 Å². The van der Waals surface area contributed by atoms with Gasteiger partial charge in [-0.25, -0.2) is 0 Å². The fourth-order valence-electron chi connectivity index (χ4n) is 0.437. The van der Waals surface area contributed by atoms with Crippen molar-refractivity contribution in [2.75, 3.05) is 13.2 Å². The predicted molar refractivity (Wildman–Crippen MR) is 76.3 cm³/mol.